The molecule has 1 aromatic carbocycles. The van der Waals surface area contributed by atoms with E-state index in [-0.39, 0.29) is 17.9 Å². The van der Waals surface area contributed by atoms with E-state index in [4.69, 9.17) is 9.15 Å². The maximum atomic E-state index is 13.4. The molecule has 2 amide bonds. The molecule has 0 unspecified atom stereocenters. The molecule has 0 N–H and O–H groups in total. The summed E-state index contributed by atoms with van der Waals surface area (Å²) in [5, 5.41) is 0. The summed E-state index contributed by atoms with van der Waals surface area (Å²) in [6.45, 7) is 8.28. The molecule has 3 heterocycles. The highest BCUT2D eigenvalue weighted by molar-refractivity contribution is 5.94. The lowest BCUT2D eigenvalue weighted by Gasteiger charge is -2.33. The van der Waals surface area contributed by atoms with Gasteiger partial charge in [-0.05, 0) is 65.0 Å². The second kappa shape index (κ2) is 9.35. The monoisotopic (exact) mass is 439 g/mol. The van der Waals surface area contributed by atoms with Gasteiger partial charge in [-0.15, -0.1) is 0 Å². The summed E-state index contributed by atoms with van der Waals surface area (Å²) < 4.78 is 11.7. The molecular formula is C25H33N3O4. The van der Waals surface area contributed by atoms with E-state index in [0.717, 1.165) is 37.9 Å². The lowest BCUT2D eigenvalue weighted by atomic mass is 9.93. The van der Waals surface area contributed by atoms with Crippen molar-refractivity contribution in [3.8, 4) is 11.5 Å². The Labute approximate surface area is 189 Å². The van der Waals surface area contributed by atoms with Gasteiger partial charge in [-0.1, -0.05) is 18.2 Å². The fourth-order valence-electron chi connectivity index (χ4n) is 4.36. The van der Waals surface area contributed by atoms with Crippen molar-refractivity contribution in [1.29, 1.82) is 0 Å². The summed E-state index contributed by atoms with van der Waals surface area (Å²) in [6, 6.07) is 9.70. The Balaban J connectivity index is 1.55. The van der Waals surface area contributed by atoms with Gasteiger partial charge in [0.25, 0.3) is 5.91 Å². The van der Waals surface area contributed by atoms with Gasteiger partial charge < -0.3 is 19.0 Å². The van der Waals surface area contributed by atoms with Crippen LogP contribution in [0, 0.1) is 0 Å². The van der Waals surface area contributed by atoms with Crippen molar-refractivity contribution in [3.63, 3.8) is 0 Å². The van der Waals surface area contributed by atoms with E-state index in [9.17, 15) is 9.59 Å². The van der Waals surface area contributed by atoms with Crippen molar-refractivity contribution in [2.45, 2.75) is 64.4 Å². The zero-order valence-electron chi connectivity index (χ0n) is 19.3. The molecule has 0 saturated carbocycles. The minimum atomic E-state index is -0.516. The Bertz CT molecular complexity index is 934. The molecule has 1 aromatic heterocycles. The highest BCUT2D eigenvalue weighted by atomic mass is 16.6. The molecule has 2 aromatic rings. The van der Waals surface area contributed by atoms with Crippen LogP contribution in [0.3, 0.4) is 0 Å². The molecule has 0 aliphatic carbocycles. The van der Waals surface area contributed by atoms with Crippen LogP contribution in [0.2, 0.25) is 0 Å². The van der Waals surface area contributed by atoms with Gasteiger partial charge in [-0.2, -0.15) is 0 Å². The first-order valence-corrected chi connectivity index (χ1v) is 11.6. The fraction of sp³-hybridized carbons (Fsp3) is 0.560. The molecule has 7 nitrogen and oxygen atoms in total. The molecule has 0 atom stereocenters. The molecule has 7 heteroatoms. The van der Waals surface area contributed by atoms with Crippen molar-refractivity contribution >= 4 is 12.0 Å². The second-order valence-corrected chi connectivity index (χ2v) is 9.69. The summed E-state index contributed by atoms with van der Waals surface area (Å²) in [4.78, 5) is 34.1. The van der Waals surface area contributed by atoms with Crippen LogP contribution < -0.4 is 0 Å². The van der Waals surface area contributed by atoms with E-state index < -0.39 is 5.60 Å². The van der Waals surface area contributed by atoms with E-state index in [0.29, 0.717) is 43.3 Å². The Kier molecular flexibility index (Phi) is 6.53. The van der Waals surface area contributed by atoms with Crippen molar-refractivity contribution in [3.05, 3.63) is 41.8 Å². The highest BCUT2D eigenvalue weighted by Crippen LogP contribution is 2.35. The molecule has 0 radical (unpaired) electrons. The van der Waals surface area contributed by atoms with Gasteiger partial charge in [0.05, 0.1) is 0 Å². The lowest BCUT2D eigenvalue weighted by molar-refractivity contribution is 0.0199. The third-order valence-electron chi connectivity index (χ3n) is 6.04. The minimum Gasteiger partial charge on any atom is -0.444 e. The Morgan fingerprint density at radius 3 is 2.25 bits per heavy atom. The number of amides is 2. The van der Waals surface area contributed by atoms with E-state index in [1.165, 1.54) is 0 Å². The number of nitrogens with zero attached hydrogens (tertiary/aromatic N) is 3. The average Bonchev–Trinajstić information content (AvgIpc) is 3.24. The number of hydrogen-bond donors (Lipinski definition) is 0. The predicted molar refractivity (Wildman–Crippen MR) is 121 cm³/mol. The van der Waals surface area contributed by atoms with Gasteiger partial charge in [0.2, 0.25) is 5.89 Å². The summed E-state index contributed by atoms with van der Waals surface area (Å²) in [5.41, 5.74) is 0.774. The molecule has 0 spiro atoms. The molecule has 172 valence electrons. The lowest BCUT2D eigenvalue weighted by Crippen LogP contribution is -2.41. The number of piperidine rings is 2. The minimum absolute atomic E-state index is 0.0415. The second-order valence-electron chi connectivity index (χ2n) is 9.69. The normalized spacial score (nSPS) is 18.0. The van der Waals surface area contributed by atoms with Crippen LogP contribution >= 0.6 is 0 Å². The van der Waals surface area contributed by atoms with E-state index in [2.05, 4.69) is 4.98 Å². The largest absolute Gasteiger partial charge is 0.444 e. The van der Waals surface area contributed by atoms with Crippen molar-refractivity contribution in [2.24, 2.45) is 0 Å². The number of rotatable bonds is 3. The van der Waals surface area contributed by atoms with Crippen LogP contribution in [0.4, 0.5) is 4.79 Å². The van der Waals surface area contributed by atoms with Crippen molar-refractivity contribution < 1.29 is 18.7 Å². The number of likely N-dealkylation sites (tertiary alicyclic amines) is 2. The first kappa shape index (κ1) is 22.4. The topological polar surface area (TPSA) is 75.9 Å². The van der Waals surface area contributed by atoms with Crippen molar-refractivity contribution in [1.82, 2.24) is 14.8 Å². The van der Waals surface area contributed by atoms with Crippen LogP contribution in [0.15, 0.2) is 34.7 Å². The third-order valence-corrected chi connectivity index (χ3v) is 6.04. The molecule has 2 fully saturated rings. The molecule has 2 saturated heterocycles. The van der Waals surface area contributed by atoms with Gasteiger partial charge in [0.15, 0.2) is 5.69 Å². The van der Waals surface area contributed by atoms with Gasteiger partial charge in [-0.3, -0.25) is 4.79 Å². The average molecular weight is 440 g/mol. The summed E-state index contributed by atoms with van der Waals surface area (Å²) in [5.74, 6) is 1.14. The van der Waals surface area contributed by atoms with Crippen LogP contribution in [0.5, 0.6) is 0 Å². The van der Waals surface area contributed by atoms with Gasteiger partial charge in [-0.25, -0.2) is 9.78 Å². The number of aromatic nitrogens is 1. The molecular weight excluding hydrogens is 406 g/mol. The number of oxazole rings is 1. The van der Waals surface area contributed by atoms with E-state index in [1.807, 2.05) is 56.0 Å². The van der Waals surface area contributed by atoms with Crippen LogP contribution in [0.1, 0.15) is 75.0 Å². The first-order valence-electron chi connectivity index (χ1n) is 11.6. The number of benzene rings is 1. The molecule has 2 aliphatic heterocycles. The van der Waals surface area contributed by atoms with Gasteiger partial charge in [0, 0.05) is 37.7 Å². The van der Waals surface area contributed by atoms with Gasteiger partial charge in [0.1, 0.15) is 11.4 Å². The first-order chi connectivity index (χ1) is 15.3. The molecule has 32 heavy (non-hydrogen) atoms. The Morgan fingerprint density at radius 1 is 0.969 bits per heavy atom. The van der Waals surface area contributed by atoms with E-state index >= 15 is 0 Å². The van der Waals surface area contributed by atoms with Crippen molar-refractivity contribution in [2.75, 3.05) is 26.2 Å². The van der Waals surface area contributed by atoms with Crippen LogP contribution in [-0.2, 0) is 4.74 Å². The zero-order chi connectivity index (χ0) is 22.7. The zero-order valence-corrected chi connectivity index (χ0v) is 19.3. The maximum Gasteiger partial charge on any atom is 0.410 e. The highest BCUT2D eigenvalue weighted by Gasteiger charge is 2.34. The Hall–Kier alpha value is -2.83. The smallest absolute Gasteiger partial charge is 0.410 e. The SMILES string of the molecule is CC(C)(C)OC(=O)N1CCC(c2oc(-c3ccccc3)nc2C(=O)N2CCCCC2)CC1. The maximum absolute atomic E-state index is 13.4. The molecule has 2 aliphatic rings. The standard InChI is InChI=1S/C25H33N3O4/c1-25(2,3)32-24(30)28-16-12-18(13-17-28)21-20(23(29)27-14-8-5-9-15-27)26-22(31-21)19-10-6-4-7-11-19/h4,6-7,10-11,18H,5,8-9,12-17H2,1-3H3. The Morgan fingerprint density at radius 2 is 1.62 bits per heavy atom. The third kappa shape index (κ3) is 5.14. The van der Waals surface area contributed by atoms with E-state index in [1.54, 1.807) is 4.90 Å². The quantitative estimate of drug-likeness (QED) is 0.666. The number of carbonyl (C=O) groups excluding carboxylic acids is 2. The number of hydrogen-bond acceptors (Lipinski definition) is 5. The van der Waals surface area contributed by atoms with Crippen LogP contribution in [-0.4, -0.2) is 58.6 Å². The van der Waals surface area contributed by atoms with Crippen LogP contribution in [0.25, 0.3) is 11.5 Å². The summed E-state index contributed by atoms with van der Waals surface area (Å²) >= 11 is 0. The molecule has 4 rings (SSSR count). The van der Waals surface area contributed by atoms with Gasteiger partial charge >= 0.3 is 6.09 Å². The fourth-order valence-corrected chi connectivity index (χ4v) is 4.36. The summed E-state index contributed by atoms with van der Waals surface area (Å²) in [7, 11) is 0. The molecule has 0 bridgehead atoms. The predicted octanol–water partition coefficient (Wildman–Crippen LogP) is 5.08. The number of ether oxygens (including phenoxy) is 1. The summed E-state index contributed by atoms with van der Waals surface area (Å²) in [6.07, 6.45) is 4.35. The number of carbonyl (C=O) groups is 2.